The van der Waals surface area contributed by atoms with Gasteiger partial charge in [-0.3, -0.25) is 0 Å². The summed E-state index contributed by atoms with van der Waals surface area (Å²) in [6, 6.07) is 11.0. The molecule has 2 rings (SSSR count). The molecule has 2 heteroatoms. The molecule has 0 amide bonds. The van der Waals surface area contributed by atoms with Gasteiger partial charge in [0.15, 0.2) is 0 Å². The predicted octanol–water partition coefficient (Wildman–Crippen LogP) is 4.04. The Morgan fingerprint density at radius 3 is 2.56 bits per heavy atom. The molecule has 2 N–H and O–H groups in total. The van der Waals surface area contributed by atoms with Crippen molar-refractivity contribution in [3.63, 3.8) is 0 Å². The summed E-state index contributed by atoms with van der Waals surface area (Å²) in [5.41, 5.74) is 7.46. The third-order valence-corrected chi connectivity index (χ3v) is 5.42. The van der Waals surface area contributed by atoms with Crippen molar-refractivity contribution in [2.45, 2.75) is 49.5 Å². The third kappa shape index (κ3) is 3.52. The smallest absolute Gasteiger partial charge is 0.00957 e. The summed E-state index contributed by atoms with van der Waals surface area (Å²) >= 11 is 2.13. The van der Waals surface area contributed by atoms with Gasteiger partial charge in [-0.05, 0) is 48.5 Å². The maximum atomic E-state index is 5.94. The highest BCUT2D eigenvalue weighted by atomic mass is 32.2. The first-order chi connectivity index (χ1) is 8.70. The average molecular weight is 263 g/mol. The Labute approximate surface area is 116 Å². The van der Waals surface area contributed by atoms with Gasteiger partial charge in [0, 0.05) is 5.25 Å². The lowest BCUT2D eigenvalue weighted by molar-refractivity contribution is 0.343. The number of nitrogens with two attached hydrogens (primary N) is 1. The monoisotopic (exact) mass is 263 g/mol. The van der Waals surface area contributed by atoms with Crippen LogP contribution in [-0.4, -0.2) is 17.0 Å². The van der Waals surface area contributed by atoms with Crippen LogP contribution in [0.5, 0.6) is 0 Å². The van der Waals surface area contributed by atoms with E-state index in [1.165, 1.54) is 24.8 Å². The highest BCUT2D eigenvalue weighted by Gasteiger charge is 2.31. The van der Waals surface area contributed by atoms with Crippen LogP contribution in [0, 0.1) is 5.92 Å². The number of benzene rings is 1. The fourth-order valence-electron chi connectivity index (χ4n) is 3.01. The number of hydrogen-bond acceptors (Lipinski definition) is 2. The molecule has 0 radical (unpaired) electrons. The highest BCUT2D eigenvalue weighted by Crippen LogP contribution is 2.42. The number of rotatable bonds is 4. The Bertz CT molecular complexity index is 349. The predicted molar refractivity (Wildman–Crippen MR) is 82.1 cm³/mol. The normalized spacial score (nSPS) is 28.6. The van der Waals surface area contributed by atoms with E-state index >= 15 is 0 Å². The molecule has 0 aliphatic heterocycles. The molecule has 1 aromatic rings. The molecule has 1 aliphatic carbocycles. The molecule has 0 heterocycles. The van der Waals surface area contributed by atoms with Gasteiger partial charge in [-0.25, -0.2) is 0 Å². The molecule has 1 aliphatic rings. The Hall–Kier alpha value is -0.470. The van der Waals surface area contributed by atoms with Crippen molar-refractivity contribution in [2.75, 3.05) is 6.54 Å². The summed E-state index contributed by atoms with van der Waals surface area (Å²) in [6.07, 6.45) is 3.90. The van der Waals surface area contributed by atoms with Crippen molar-refractivity contribution >= 4 is 11.8 Å². The Kier molecular flexibility index (Phi) is 5.13. The van der Waals surface area contributed by atoms with Crippen molar-refractivity contribution in [1.82, 2.24) is 0 Å². The van der Waals surface area contributed by atoms with Gasteiger partial charge in [-0.15, -0.1) is 0 Å². The van der Waals surface area contributed by atoms with Gasteiger partial charge in [0.25, 0.3) is 0 Å². The van der Waals surface area contributed by atoms with E-state index < -0.39 is 0 Å². The first-order valence-electron chi connectivity index (χ1n) is 7.11. The molecule has 0 saturated heterocycles. The maximum Gasteiger partial charge on any atom is 0.00957 e. The van der Waals surface area contributed by atoms with Crippen LogP contribution in [0.3, 0.4) is 0 Å². The van der Waals surface area contributed by atoms with Crippen LogP contribution in [-0.2, 0) is 0 Å². The zero-order valence-corrected chi connectivity index (χ0v) is 12.3. The van der Waals surface area contributed by atoms with E-state index in [0.29, 0.717) is 5.25 Å². The lowest BCUT2D eigenvalue weighted by atomic mass is 9.78. The molecule has 3 unspecified atom stereocenters. The maximum absolute atomic E-state index is 5.94. The first kappa shape index (κ1) is 14.0. The van der Waals surface area contributed by atoms with E-state index in [2.05, 4.69) is 55.9 Å². The minimum Gasteiger partial charge on any atom is -0.330 e. The molecule has 100 valence electrons. The zero-order valence-electron chi connectivity index (χ0n) is 11.5. The Balaban J connectivity index is 2.04. The SMILES string of the molecule is CC(C)SC1CC(c2ccccc2)CCC1CN. The van der Waals surface area contributed by atoms with Gasteiger partial charge in [0.2, 0.25) is 0 Å². The molecule has 1 fully saturated rings. The van der Waals surface area contributed by atoms with E-state index in [0.717, 1.165) is 23.6 Å². The van der Waals surface area contributed by atoms with Gasteiger partial charge < -0.3 is 5.73 Å². The van der Waals surface area contributed by atoms with E-state index in [1.807, 2.05) is 0 Å². The molecule has 3 atom stereocenters. The van der Waals surface area contributed by atoms with Crippen molar-refractivity contribution in [2.24, 2.45) is 11.7 Å². The zero-order chi connectivity index (χ0) is 13.0. The van der Waals surface area contributed by atoms with Gasteiger partial charge in [0.05, 0.1) is 0 Å². The van der Waals surface area contributed by atoms with Crippen LogP contribution in [0.1, 0.15) is 44.6 Å². The largest absolute Gasteiger partial charge is 0.330 e. The van der Waals surface area contributed by atoms with E-state index in [9.17, 15) is 0 Å². The second kappa shape index (κ2) is 6.63. The molecule has 18 heavy (non-hydrogen) atoms. The van der Waals surface area contributed by atoms with Crippen molar-refractivity contribution < 1.29 is 0 Å². The molecule has 1 saturated carbocycles. The van der Waals surface area contributed by atoms with E-state index in [4.69, 9.17) is 5.73 Å². The van der Waals surface area contributed by atoms with Crippen molar-refractivity contribution in [3.05, 3.63) is 35.9 Å². The van der Waals surface area contributed by atoms with Crippen LogP contribution >= 0.6 is 11.8 Å². The average Bonchev–Trinajstić information content (AvgIpc) is 2.39. The molecule has 1 aromatic carbocycles. The van der Waals surface area contributed by atoms with Crippen molar-refractivity contribution in [1.29, 1.82) is 0 Å². The lowest BCUT2D eigenvalue weighted by Gasteiger charge is -2.36. The molecule has 0 bridgehead atoms. The van der Waals surface area contributed by atoms with Gasteiger partial charge >= 0.3 is 0 Å². The number of thioether (sulfide) groups is 1. The fraction of sp³-hybridized carbons (Fsp3) is 0.625. The quantitative estimate of drug-likeness (QED) is 0.887. The number of hydrogen-bond donors (Lipinski definition) is 1. The Morgan fingerprint density at radius 2 is 1.94 bits per heavy atom. The summed E-state index contributed by atoms with van der Waals surface area (Å²) in [6.45, 7) is 5.45. The first-order valence-corrected chi connectivity index (χ1v) is 8.05. The summed E-state index contributed by atoms with van der Waals surface area (Å²) in [5, 5.41) is 1.45. The van der Waals surface area contributed by atoms with Gasteiger partial charge in [0.1, 0.15) is 0 Å². The molecule has 0 aromatic heterocycles. The van der Waals surface area contributed by atoms with Crippen LogP contribution < -0.4 is 5.73 Å². The molecular weight excluding hydrogens is 238 g/mol. The lowest BCUT2D eigenvalue weighted by Crippen LogP contribution is -2.32. The second-order valence-electron chi connectivity index (χ2n) is 5.64. The second-order valence-corrected chi connectivity index (χ2v) is 7.46. The van der Waals surface area contributed by atoms with Crippen LogP contribution in [0.15, 0.2) is 30.3 Å². The van der Waals surface area contributed by atoms with Crippen LogP contribution in [0.25, 0.3) is 0 Å². The minimum absolute atomic E-state index is 0.707. The summed E-state index contributed by atoms with van der Waals surface area (Å²) in [5.74, 6) is 1.46. The molecule has 0 spiro atoms. The standard InChI is InChI=1S/C16H25NS/c1-12(2)18-16-10-14(8-9-15(16)11-17)13-6-4-3-5-7-13/h3-7,12,14-16H,8-11,17H2,1-2H3. The topological polar surface area (TPSA) is 26.0 Å². The highest BCUT2D eigenvalue weighted by molar-refractivity contribution is 8.00. The minimum atomic E-state index is 0.707. The van der Waals surface area contributed by atoms with Gasteiger partial charge in [-0.1, -0.05) is 44.2 Å². The summed E-state index contributed by atoms with van der Waals surface area (Å²) in [4.78, 5) is 0. The summed E-state index contributed by atoms with van der Waals surface area (Å²) in [7, 11) is 0. The van der Waals surface area contributed by atoms with Gasteiger partial charge in [-0.2, -0.15) is 11.8 Å². The molecular formula is C16H25NS. The Morgan fingerprint density at radius 1 is 1.22 bits per heavy atom. The third-order valence-electron chi connectivity index (χ3n) is 3.95. The van der Waals surface area contributed by atoms with Crippen molar-refractivity contribution in [3.8, 4) is 0 Å². The fourth-order valence-corrected chi connectivity index (χ4v) is 4.52. The summed E-state index contributed by atoms with van der Waals surface area (Å²) < 4.78 is 0. The van der Waals surface area contributed by atoms with E-state index in [1.54, 1.807) is 0 Å². The molecule has 1 nitrogen and oxygen atoms in total. The van der Waals surface area contributed by atoms with E-state index in [-0.39, 0.29) is 0 Å². The van der Waals surface area contributed by atoms with Crippen LogP contribution in [0.4, 0.5) is 0 Å². The van der Waals surface area contributed by atoms with Crippen LogP contribution in [0.2, 0.25) is 0 Å².